The maximum Gasteiger partial charge on any atom is 0.314 e. The molecule has 0 amide bonds. The smallest absolute Gasteiger partial charge is 0.314 e. The van der Waals surface area contributed by atoms with Crippen LogP contribution in [-0.4, -0.2) is 16.9 Å². The standard InChI is InChI=1S/C22H38O3/c1-4-5-6-7-8-9-10-11-12-13-14-15-16-17-18-20(22(24)25)21(23)19(2)3/h11-12,20H,2,4-10,13-18H2,1,3H3,(H,24,25)/b12-11-. The van der Waals surface area contributed by atoms with Crippen molar-refractivity contribution in [3.63, 3.8) is 0 Å². The molecule has 0 saturated heterocycles. The summed E-state index contributed by atoms with van der Waals surface area (Å²) >= 11 is 0. The molecule has 0 saturated carbocycles. The SMILES string of the molecule is C=C(C)C(=O)C(CCCCCC/C=C\CCCCCCCC)C(=O)O. The van der Waals surface area contributed by atoms with Gasteiger partial charge in [0.1, 0.15) is 5.92 Å². The van der Waals surface area contributed by atoms with Crippen LogP contribution >= 0.6 is 0 Å². The van der Waals surface area contributed by atoms with E-state index < -0.39 is 11.9 Å². The van der Waals surface area contributed by atoms with Crippen LogP contribution in [0, 0.1) is 5.92 Å². The molecule has 0 heterocycles. The number of hydrogen-bond donors (Lipinski definition) is 1. The topological polar surface area (TPSA) is 54.4 Å². The number of carbonyl (C=O) groups excluding carboxylic acids is 1. The zero-order chi connectivity index (χ0) is 18.9. The number of ketones is 1. The third-order valence-electron chi connectivity index (χ3n) is 4.54. The van der Waals surface area contributed by atoms with Gasteiger partial charge < -0.3 is 5.11 Å². The minimum atomic E-state index is -1.02. The second-order valence-corrected chi connectivity index (χ2v) is 7.05. The van der Waals surface area contributed by atoms with Crippen molar-refractivity contribution in [2.24, 2.45) is 5.92 Å². The van der Waals surface area contributed by atoms with E-state index in [-0.39, 0.29) is 5.78 Å². The number of Topliss-reactive ketones (excluding diaryl/α,β-unsaturated/α-hetero) is 1. The van der Waals surface area contributed by atoms with Crippen molar-refractivity contribution in [3.05, 3.63) is 24.3 Å². The second-order valence-electron chi connectivity index (χ2n) is 7.05. The third kappa shape index (κ3) is 13.6. The van der Waals surface area contributed by atoms with Crippen LogP contribution in [0.15, 0.2) is 24.3 Å². The molecule has 0 aromatic heterocycles. The van der Waals surface area contributed by atoms with E-state index in [2.05, 4.69) is 25.7 Å². The Labute approximate surface area is 154 Å². The lowest BCUT2D eigenvalue weighted by Gasteiger charge is -2.10. The van der Waals surface area contributed by atoms with E-state index in [4.69, 9.17) is 5.11 Å². The van der Waals surface area contributed by atoms with Crippen molar-refractivity contribution < 1.29 is 14.7 Å². The Morgan fingerprint density at radius 1 is 0.880 bits per heavy atom. The van der Waals surface area contributed by atoms with Crippen LogP contribution < -0.4 is 0 Å². The van der Waals surface area contributed by atoms with Crippen LogP contribution in [0.5, 0.6) is 0 Å². The lowest BCUT2D eigenvalue weighted by Crippen LogP contribution is -2.24. The molecule has 0 aliphatic heterocycles. The van der Waals surface area contributed by atoms with Crippen molar-refractivity contribution in [1.29, 1.82) is 0 Å². The predicted molar refractivity (Wildman–Crippen MR) is 106 cm³/mol. The number of carboxylic acids is 1. The van der Waals surface area contributed by atoms with E-state index in [1.54, 1.807) is 6.92 Å². The molecular formula is C22H38O3. The largest absolute Gasteiger partial charge is 0.481 e. The Balaban J connectivity index is 3.56. The minimum absolute atomic E-state index is 0.329. The fraction of sp³-hybridized carbons (Fsp3) is 0.727. The van der Waals surface area contributed by atoms with Gasteiger partial charge in [0.25, 0.3) is 0 Å². The predicted octanol–water partition coefficient (Wildman–Crippen LogP) is 6.48. The van der Waals surface area contributed by atoms with Gasteiger partial charge in [0.05, 0.1) is 0 Å². The maximum atomic E-state index is 11.8. The van der Waals surface area contributed by atoms with Gasteiger partial charge in [0.15, 0.2) is 5.78 Å². The third-order valence-corrected chi connectivity index (χ3v) is 4.54. The normalized spacial score (nSPS) is 12.4. The number of carboxylic acid groups (broad SMARTS) is 1. The summed E-state index contributed by atoms with van der Waals surface area (Å²) in [6.45, 7) is 7.38. The molecule has 1 atom stereocenters. The van der Waals surface area contributed by atoms with Crippen LogP contribution in [0.25, 0.3) is 0 Å². The summed E-state index contributed by atoms with van der Waals surface area (Å²) in [5.74, 6) is -2.26. The Morgan fingerprint density at radius 2 is 1.36 bits per heavy atom. The van der Waals surface area contributed by atoms with Crippen molar-refractivity contribution in [2.45, 2.75) is 97.3 Å². The Bertz CT molecular complexity index is 409. The first-order valence-electron chi connectivity index (χ1n) is 10.1. The van der Waals surface area contributed by atoms with E-state index in [9.17, 15) is 9.59 Å². The van der Waals surface area contributed by atoms with Gasteiger partial charge in [0, 0.05) is 0 Å². The molecule has 0 rings (SSSR count). The van der Waals surface area contributed by atoms with Gasteiger partial charge in [-0.2, -0.15) is 0 Å². The summed E-state index contributed by atoms with van der Waals surface area (Å²) in [7, 11) is 0. The van der Waals surface area contributed by atoms with E-state index in [1.165, 1.54) is 44.9 Å². The van der Waals surface area contributed by atoms with E-state index in [0.29, 0.717) is 12.0 Å². The molecule has 0 aromatic carbocycles. The van der Waals surface area contributed by atoms with E-state index in [1.807, 2.05) is 0 Å². The summed E-state index contributed by atoms with van der Waals surface area (Å²) in [5.41, 5.74) is 0.336. The number of rotatable bonds is 17. The van der Waals surface area contributed by atoms with Crippen LogP contribution in [0.4, 0.5) is 0 Å². The second kappa shape index (κ2) is 16.1. The van der Waals surface area contributed by atoms with Gasteiger partial charge in [-0.15, -0.1) is 0 Å². The van der Waals surface area contributed by atoms with E-state index in [0.717, 1.165) is 32.1 Å². The van der Waals surface area contributed by atoms with E-state index >= 15 is 0 Å². The van der Waals surface area contributed by atoms with Gasteiger partial charge in [-0.1, -0.05) is 77.0 Å². The molecule has 25 heavy (non-hydrogen) atoms. The van der Waals surface area contributed by atoms with Crippen molar-refractivity contribution in [2.75, 3.05) is 0 Å². The molecule has 0 bridgehead atoms. The molecule has 1 N–H and O–H groups in total. The lowest BCUT2D eigenvalue weighted by atomic mass is 9.93. The fourth-order valence-electron chi connectivity index (χ4n) is 2.91. The molecular weight excluding hydrogens is 312 g/mol. The molecule has 0 aliphatic carbocycles. The van der Waals surface area contributed by atoms with Gasteiger partial charge in [-0.3, -0.25) is 9.59 Å². The van der Waals surface area contributed by atoms with Crippen molar-refractivity contribution in [3.8, 4) is 0 Å². The molecule has 1 unspecified atom stereocenters. The monoisotopic (exact) mass is 350 g/mol. The van der Waals surface area contributed by atoms with Crippen LogP contribution in [0.1, 0.15) is 97.3 Å². The van der Waals surface area contributed by atoms with Gasteiger partial charge >= 0.3 is 5.97 Å². The van der Waals surface area contributed by atoms with Crippen molar-refractivity contribution in [1.82, 2.24) is 0 Å². The summed E-state index contributed by atoms with van der Waals surface area (Å²) < 4.78 is 0. The molecule has 0 spiro atoms. The summed E-state index contributed by atoms with van der Waals surface area (Å²) in [4.78, 5) is 22.9. The molecule has 144 valence electrons. The van der Waals surface area contributed by atoms with Crippen LogP contribution in [0.2, 0.25) is 0 Å². The fourth-order valence-corrected chi connectivity index (χ4v) is 2.91. The first-order chi connectivity index (χ1) is 12.0. The van der Waals surface area contributed by atoms with Crippen LogP contribution in [-0.2, 0) is 9.59 Å². The highest BCUT2D eigenvalue weighted by Gasteiger charge is 2.25. The summed E-state index contributed by atoms with van der Waals surface area (Å²) in [5, 5.41) is 9.13. The lowest BCUT2D eigenvalue weighted by molar-refractivity contribution is -0.145. The average molecular weight is 351 g/mol. The first kappa shape index (κ1) is 23.6. The molecule has 0 radical (unpaired) electrons. The highest BCUT2D eigenvalue weighted by Crippen LogP contribution is 2.16. The number of hydrogen-bond acceptors (Lipinski definition) is 2. The molecule has 0 aliphatic rings. The molecule has 3 nitrogen and oxygen atoms in total. The Kier molecular flexibility index (Phi) is 15.2. The Hall–Kier alpha value is -1.38. The van der Waals surface area contributed by atoms with Gasteiger partial charge in [-0.05, 0) is 44.6 Å². The first-order valence-corrected chi connectivity index (χ1v) is 10.1. The number of carbonyl (C=O) groups is 2. The summed E-state index contributed by atoms with van der Waals surface area (Å²) in [6.07, 6.45) is 19.4. The number of aliphatic carboxylic acids is 1. The van der Waals surface area contributed by atoms with Crippen LogP contribution in [0.3, 0.4) is 0 Å². The molecule has 3 heteroatoms. The maximum absolute atomic E-state index is 11.8. The van der Waals surface area contributed by atoms with Gasteiger partial charge in [0.2, 0.25) is 0 Å². The number of allylic oxidation sites excluding steroid dienone is 3. The quantitative estimate of drug-likeness (QED) is 0.141. The summed E-state index contributed by atoms with van der Waals surface area (Å²) in [6, 6.07) is 0. The average Bonchev–Trinajstić information content (AvgIpc) is 2.57. The zero-order valence-electron chi connectivity index (χ0n) is 16.4. The number of unbranched alkanes of at least 4 members (excludes halogenated alkanes) is 10. The molecule has 0 aromatic rings. The Morgan fingerprint density at radius 3 is 1.84 bits per heavy atom. The molecule has 0 fully saturated rings. The highest BCUT2D eigenvalue weighted by molar-refractivity contribution is 6.07. The zero-order valence-corrected chi connectivity index (χ0v) is 16.4. The minimum Gasteiger partial charge on any atom is -0.481 e. The highest BCUT2D eigenvalue weighted by atomic mass is 16.4. The van der Waals surface area contributed by atoms with Crippen molar-refractivity contribution >= 4 is 11.8 Å². The van der Waals surface area contributed by atoms with Gasteiger partial charge in [-0.25, -0.2) is 0 Å².